The number of rotatable bonds is 5. The average Bonchev–Trinajstić information content (AvgIpc) is 2.66. The van der Waals surface area contributed by atoms with Gasteiger partial charge in [0.15, 0.2) is 0 Å². The van der Waals surface area contributed by atoms with Gasteiger partial charge in [0.1, 0.15) is 0 Å². The van der Waals surface area contributed by atoms with E-state index < -0.39 is 0 Å². The fraction of sp³-hybridized carbons (Fsp3) is 1.00. The van der Waals surface area contributed by atoms with E-state index in [1.807, 2.05) is 7.05 Å². The van der Waals surface area contributed by atoms with Gasteiger partial charge in [-0.1, -0.05) is 6.92 Å². The molecular formula is C9H19NO. The van der Waals surface area contributed by atoms with Gasteiger partial charge in [-0.15, -0.1) is 0 Å². The third kappa shape index (κ3) is 1.74. The predicted molar refractivity (Wildman–Crippen MR) is 46.6 cm³/mol. The summed E-state index contributed by atoms with van der Waals surface area (Å²) >= 11 is 0. The molecule has 1 saturated carbocycles. The second kappa shape index (κ2) is 3.55. The molecule has 2 unspecified atom stereocenters. The highest BCUT2D eigenvalue weighted by Crippen LogP contribution is 2.54. The Labute approximate surface area is 69.3 Å². The summed E-state index contributed by atoms with van der Waals surface area (Å²) < 4.78 is 5.21. The maximum atomic E-state index is 5.21. The first kappa shape index (κ1) is 9.01. The number of hydrogen-bond donors (Lipinski definition) is 1. The summed E-state index contributed by atoms with van der Waals surface area (Å²) in [6, 6.07) is 0. The molecule has 1 aliphatic carbocycles. The van der Waals surface area contributed by atoms with E-state index in [1.165, 1.54) is 12.8 Å². The largest absolute Gasteiger partial charge is 0.384 e. The maximum absolute atomic E-state index is 5.21. The van der Waals surface area contributed by atoms with Gasteiger partial charge >= 0.3 is 0 Å². The van der Waals surface area contributed by atoms with Gasteiger partial charge in [-0.05, 0) is 37.8 Å². The van der Waals surface area contributed by atoms with Gasteiger partial charge < -0.3 is 10.1 Å². The Kier molecular flexibility index (Phi) is 2.90. The fourth-order valence-corrected chi connectivity index (χ4v) is 1.97. The van der Waals surface area contributed by atoms with E-state index in [1.54, 1.807) is 7.11 Å². The maximum Gasteiger partial charge on any atom is 0.0521 e. The van der Waals surface area contributed by atoms with Crippen molar-refractivity contribution in [3.05, 3.63) is 0 Å². The van der Waals surface area contributed by atoms with E-state index in [0.717, 1.165) is 19.1 Å². The molecule has 11 heavy (non-hydrogen) atoms. The molecular weight excluding hydrogens is 138 g/mol. The van der Waals surface area contributed by atoms with E-state index in [9.17, 15) is 0 Å². The zero-order chi connectivity index (χ0) is 8.32. The van der Waals surface area contributed by atoms with Crippen molar-refractivity contribution in [1.82, 2.24) is 5.32 Å². The minimum atomic E-state index is 0.526. The van der Waals surface area contributed by atoms with E-state index in [4.69, 9.17) is 4.74 Å². The summed E-state index contributed by atoms with van der Waals surface area (Å²) in [5.74, 6) is 0.859. The molecule has 1 aliphatic rings. The third-order valence-electron chi connectivity index (χ3n) is 2.95. The van der Waals surface area contributed by atoms with Crippen molar-refractivity contribution in [3.63, 3.8) is 0 Å². The van der Waals surface area contributed by atoms with Gasteiger partial charge in [-0.3, -0.25) is 0 Å². The highest BCUT2D eigenvalue weighted by atomic mass is 16.5. The molecule has 0 radical (unpaired) electrons. The second-order valence-electron chi connectivity index (χ2n) is 3.61. The standard InChI is InChI=1S/C9H19NO/c1-4-9(7-11-3)5-8(9)6-10-2/h8,10H,4-7H2,1-3H3. The van der Waals surface area contributed by atoms with Crippen molar-refractivity contribution in [2.75, 3.05) is 27.3 Å². The lowest BCUT2D eigenvalue weighted by Crippen LogP contribution is -2.18. The van der Waals surface area contributed by atoms with Crippen LogP contribution in [0.2, 0.25) is 0 Å². The van der Waals surface area contributed by atoms with Crippen LogP contribution in [0.4, 0.5) is 0 Å². The lowest BCUT2D eigenvalue weighted by Gasteiger charge is -2.13. The Morgan fingerprint density at radius 3 is 2.82 bits per heavy atom. The lowest BCUT2D eigenvalue weighted by atomic mass is 10.0. The van der Waals surface area contributed by atoms with Crippen molar-refractivity contribution < 1.29 is 4.74 Å². The fourth-order valence-electron chi connectivity index (χ4n) is 1.97. The molecule has 2 nitrogen and oxygen atoms in total. The van der Waals surface area contributed by atoms with E-state index in [-0.39, 0.29) is 0 Å². The highest BCUT2D eigenvalue weighted by molar-refractivity contribution is 5.01. The molecule has 0 spiro atoms. The van der Waals surface area contributed by atoms with Crippen molar-refractivity contribution >= 4 is 0 Å². The number of nitrogens with one attached hydrogen (secondary N) is 1. The lowest BCUT2D eigenvalue weighted by molar-refractivity contribution is 0.130. The van der Waals surface area contributed by atoms with Crippen molar-refractivity contribution in [3.8, 4) is 0 Å². The van der Waals surface area contributed by atoms with Gasteiger partial charge in [0.25, 0.3) is 0 Å². The van der Waals surface area contributed by atoms with Gasteiger partial charge in [0, 0.05) is 7.11 Å². The van der Waals surface area contributed by atoms with Crippen LogP contribution in [0, 0.1) is 11.3 Å². The summed E-state index contributed by atoms with van der Waals surface area (Å²) in [4.78, 5) is 0. The molecule has 0 bridgehead atoms. The first-order valence-electron chi connectivity index (χ1n) is 4.42. The Bertz CT molecular complexity index is 127. The topological polar surface area (TPSA) is 21.3 Å². The Morgan fingerprint density at radius 1 is 1.64 bits per heavy atom. The first-order chi connectivity index (χ1) is 5.29. The van der Waals surface area contributed by atoms with Crippen LogP contribution in [-0.2, 0) is 4.74 Å². The van der Waals surface area contributed by atoms with Crippen molar-refractivity contribution in [2.24, 2.45) is 11.3 Å². The second-order valence-corrected chi connectivity index (χ2v) is 3.61. The SMILES string of the molecule is CCC1(COC)CC1CNC. The number of methoxy groups -OCH3 is 1. The molecule has 0 aromatic carbocycles. The van der Waals surface area contributed by atoms with Crippen LogP contribution in [0.15, 0.2) is 0 Å². The predicted octanol–water partition coefficient (Wildman–Crippen LogP) is 1.27. The molecule has 2 heteroatoms. The Balaban J connectivity index is 2.30. The van der Waals surface area contributed by atoms with Crippen LogP contribution < -0.4 is 5.32 Å². The van der Waals surface area contributed by atoms with Crippen molar-refractivity contribution in [2.45, 2.75) is 19.8 Å². The molecule has 2 atom stereocenters. The Hall–Kier alpha value is -0.0800. The summed E-state index contributed by atoms with van der Waals surface area (Å²) in [7, 11) is 3.82. The summed E-state index contributed by atoms with van der Waals surface area (Å²) in [6.45, 7) is 4.35. The van der Waals surface area contributed by atoms with Crippen molar-refractivity contribution in [1.29, 1.82) is 0 Å². The van der Waals surface area contributed by atoms with E-state index in [2.05, 4.69) is 12.2 Å². The molecule has 0 aromatic heterocycles. The van der Waals surface area contributed by atoms with Gasteiger partial charge in [-0.2, -0.15) is 0 Å². The van der Waals surface area contributed by atoms with E-state index >= 15 is 0 Å². The monoisotopic (exact) mass is 157 g/mol. The summed E-state index contributed by atoms with van der Waals surface area (Å²) in [6.07, 6.45) is 2.60. The molecule has 0 heterocycles. The first-order valence-corrected chi connectivity index (χ1v) is 4.42. The van der Waals surface area contributed by atoms with Gasteiger partial charge in [0.2, 0.25) is 0 Å². The average molecular weight is 157 g/mol. The van der Waals surface area contributed by atoms with E-state index in [0.29, 0.717) is 5.41 Å². The van der Waals surface area contributed by atoms with Crippen LogP contribution in [0.3, 0.4) is 0 Å². The quantitative estimate of drug-likeness (QED) is 0.649. The molecule has 1 rings (SSSR count). The molecule has 0 aromatic rings. The molecule has 66 valence electrons. The number of hydrogen-bond acceptors (Lipinski definition) is 2. The molecule has 0 aliphatic heterocycles. The summed E-state index contributed by atoms with van der Waals surface area (Å²) in [5.41, 5.74) is 0.526. The molecule has 1 N–H and O–H groups in total. The van der Waals surface area contributed by atoms with Gasteiger partial charge in [0.05, 0.1) is 6.61 Å². The third-order valence-corrected chi connectivity index (χ3v) is 2.95. The smallest absolute Gasteiger partial charge is 0.0521 e. The zero-order valence-corrected chi connectivity index (χ0v) is 7.81. The normalized spacial score (nSPS) is 35.7. The highest BCUT2D eigenvalue weighted by Gasteiger charge is 2.51. The van der Waals surface area contributed by atoms with Crippen LogP contribution in [-0.4, -0.2) is 27.3 Å². The minimum absolute atomic E-state index is 0.526. The van der Waals surface area contributed by atoms with Crippen LogP contribution in [0.25, 0.3) is 0 Å². The zero-order valence-electron chi connectivity index (χ0n) is 7.81. The Morgan fingerprint density at radius 2 is 2.36 bits per heavy atom. The van der Waals surface area contributed by atoms with Gasteiger partial charge in [-0.25, -0.2) is 0 Å². The van der Waals surface area contributed by atoms with Crippen LogP contribution in [0.5, 0.6) is 0 Å². The minimum Gasteiger partial charge on any atom is -0.384 e. The molecule has 1 fully saturated rings. The van der Waals surface area contributed by atoms with Crippen LogP contribution in [0.1, 0.15) is 19.8 Å². The van der Waals surface area contributed by atoms with Crippen LogP contribution >= 0.6 is 0 Å². The summed E-state index contributed by atoms with van der Waals surface area (Å²) in [5, 5.41) is 3.22. The molecule has 0 saturated heterocycles. The number of ether oxygens (including phenoxy) is 1. The molecule has 0 amide bonds.